The fourth-order valence-corrected chi connectivity index (χ4v) is 7.94. The van der Waals surface area contributed by atoms with Gasteiger partial charge < -0.3 is 13.9 Å². The number of ether oxygens (including phenoxy) is 1. The minimum Gasteiger partial charge on any atom is -0.510 e. The second-order valence-corrected chi connectivity index (χ2v) is 14.4. The second-order valence-electron chi connectivity index (χ2n) is 14.4. The number of benzene rings is 8. The minimum absolute atomic E-state index is 0. The summed E-state index contributed by atoms with van der Waals surface area (Å²) in [4.78, 5) is 4.80. The molecule has 0 bridgehead atoms. The van der Waals surface area contributed by atoms with Gasteiger partial charge in [0.25, 0.3) is 6.33 Å². The minimum atomic E-state index is -0.573. The van der Waals surface area contributed by atoms with E-state index in [0.717, 1.165) is 50.7 Å². The van der Waals surface area contributed by atoms with Crippen LogP contribution in [0.5, 0.6) is 11.5 Å². The van der Waals surface area contributed by atoms with E-state index in [4.69, 9.17) is 23.4 Å². The van der Waals surface area contributed by atoms with E-state index in [0.29, 0.717) is 28.2 Å². The Labute approximate surface area is 389 Å². The molecule has 0 unspecified atom stereocenters. The fraction of sp³-hybridized carbons (Fsp3) is 0.0357. The Morgan fingerprint density at radius 2 is 1.32 bits per heavy atom. The third kappa shape index (κ3) is 7.01. The zero-order valence-electron chi connectivity index (χ0n) is 43.0. The van der Waals surface area contributed by atoms with Gasteiger partial charge in [-0.15, -0.1) is 29.7 Å². The van der Waals surface area contributed by atoms with Crippen LogP contribution in [0.1, 0.15) is 26.2 Å². The van der Waals surface area contributed by atoms with Gasteiger partial charge in [-0.25, -0.2) is 4.98 Å². The molecule has 6 heteroatoms. The zero-order chi connectivity index (χ0) is 49.4. The van der Waals surface area contributed by atoms with Crippen molar-refractivity contribution in [3.05, 3.63) is 224 Å². The molecular weight excluding hydrogens is 940 g/mol. The van der Waals surface area contributed by atoms with Crippen LogP contribution in [0, 0.1) is 18.5 Å². The van der Waals surface area contributed by atoms with Crippen LogP contribution in [0.2, 0.25) is 0 Å². The molecule has 0 aliphatic rings. The molecule has 3 aromatic heterocycles. The molecule has 62 heavy (non-hydrogen) atoms. The Morgan fingerprint density at radius 1 is 0.613 bits per heavy atom. The first-order chi connectivity index (χ1) is 34.3. The maximum atomic E-state index is 9.01. The van der Waals surface area contributed by atoms with Crippen LogP contribution in [0.25, 0.3) is 83.4 Å². The van der Waals surface area contributed by atoms with Crippen molar-refractivity contribution in [2.45, 2.75) is 13.3 Å². The third-order valence-corrected chi connectivity index (χ3v) is 10.8. The molecular formula is C56H38N4OPt-2. The van der Waals surface area contributed by atoms with Crippen LogP contribution < -0.4 is 9.30 Å². The fourth-order valence-electron chi connectivity index (χ4n) is 7.94. The molecule has 300 valence electrons. The van der Waals surface area contributed by atoms with Crippen molar-refractivity contribution in [2.24, 2.45) is 0 Å². The zero-order valence-corrected chi connectivity index (χ0v) is 35.3. The van der Waals surface area contributed by atoms with E-state index in [-0.39, 0.29) is 49.0 Å². The van der Waals surface area contributed by atoms with E-state index in [2.05, 4.69) is 66.3 Å². The Kier molecular flexibility index (Phi) is 7.77. The summed E-state index contributed by atoms with van der Waals surface area (Å²) in [5.74, 6) is 1.54. The molecule has 0 saturated heterocycles. The largest absolute Gasteiger partial charge is 0.510 e. The van der Waals surface area contributed by atoms with Gasteiger partial charge in [0.1, 0.15) is 5.82 Å². The van der Waals surface area contributed by atoms with Crippen molar-refractivity contribution < 1.29 is 44.1 Å². The maximum Gasteiger partial charge on any atom is 0.268 e. The van der Waals surface area contributed by atoms with Crippen molar-refractivity contribution >= 4 is 32.8 Å². The normalized spacial score (nSPS) is 13.5. The molecule has 0 amide bonds. The Morgan fingerprint density at radius 3 is 2.08 bits per heavy atom. The molecule has 5 nitrogen and oxygen atoms in total. The molecule has 3 heterocycles. The number of aryl methyl sites for hydroxylation is 1. The predicted octanol–water partition coefficient (Wildman–Crippen LogP) is 13.2. The number of rotatable bonds is 9. The average molecular weight is 988 g/mol. The number of pyridine rings is 1. The first-order valence-electron chi connectivity index (χ1n) is 24.8. The van der Waals surface area contributed by atoms with Gasteiger partial charge in [-0.3, -0.25) is 4.57 Å². The van der Waals surface area contributed by atoms with Gasteiger partial charge in [0, 0.05) is 44.3 Å². The molecule has 0 fully saturated rings. The van der Waals surface area contributed by atoms with Gasteiger partial charge in [-0.05, 0) is 74.6 Å². The molecule has 0 N–H and O–H groups in total. The molecule has 0 saturated carbocycles. The number of hydrogen-bond donors (Lipinski definition) is 0. The van der Waals surface area contributed by atoms with Crippen LogP contribution in [0.3, 0.4) is 0 Å². The molecule has 8 aromatic carbocycles. The molecule has 0 radical (unpaired) electrons. The van der Waals surface area contributed by atoms with Crippen molar-refractivity contribution in [1.82, 2.24) is 14.1 Å². The number of para-hydroxylation sites is 3. The van der Waals surface area contributed by atoms with Crippen molar-refractivity contribution in [1.29, 1.82) is 0 Å². The smallest absolute Gasteiger partial charge is 0.268 e. The summed E-state index contributed by atoms with van der Waals surface area (Å²) in [5.41, 5.74) is 6.88. The number of hydrogen-bond acceptors (Lipinski definition) is 2. The van der Waals surface area contributed by atoms with Crippen molar-refractivity contribution in [2.75, 3.05) is 0 Å². The molecule has 0 aliphatic heterocycles. The maximum absolute atomic E-state index is 9.01. The van der Waals surface area contributed by atoms with Crippen molar-refractivity contribution in [3.63, 3.8) is 0 Å². The first-order valence-corrected chi connectivity index (χ1v) is 19.8. The number of imidazole rings is 1. The summed E-state index contributed by atoms with van der Waals surface area (Å²) in [6.45, 7) is 2.11. The number of aromatic nitrogens is 4. The summed E-state index contributed by atoms with van der Waals surface area (Å²) < 4.78 is 99.0. The van der Waals surface area contributed by atoms with Gasteiger partial charge in [0.2, 0.25) is 0 Å². The first kappa shape index (κ1) is 29.0. The van der Waals surface area contributed by atoms with Crippen LogP contribution in [-0.4, -0.2) is 14.1 Å². The van der Waals surface area contributed by atoms with E-state index in [1.807, 2.05) is 72.9 Å². The van der Waals surface area contributed by atoms with Crippen LogP contribution in [-0.2, 0) is 27.5 Å². The predicted molar refractivity (Wildman–Crippen MR) is 246 cm³/mol. The topological polar surface area (TPSA) is 35.9 Å². The average Bonchev–Trinajstić information content (AvgIpc) is 3.94. The van der Waals surface area contributed by atoms with Crippen LogP contribution in [0.4, 0.5) is 0 Å². The monoisotopic (exact) mass is 987 g/mol. The summed E-state index contributed by atoms with van der Waals surface area (Å²) in [7, 11) is 0. The van der Waals surface area contributed by atoms with E-state index in [1.54, 1.807) is 39.5 Å². The molecule has 11 rings (SSSR count). The SMILES string of the molecule is [2H]c1c([2H])c([2H])c(-c2cccc(-c3c([2H])c([2H])c([2H])c([2H])c3[2H])c2-[n+]2[c-]n(-c3[c-]c(Oc4[c-]c5c(cc4)c4cc(-c6ccccc6)ccc4n5-c4cc(CC)ccn4)ccc3)c3ccccc32)c([2H])c1[2H].[Pt]. The third-order valence-electron chi connectivity index (χ3n) is 10.8. The molecule has 0 atom stereocenters. The van der Waals surface area contributed by atoms with Gasteiger partial charge >= 0.3 is 0 Å². The Balaban J connectivity index is 0.00000596. The van der Waals surface area contributed by atoms with E-state index < -0.39 is 60.4 Å². The summed E-state index contributed by atoms with van der Waals surface area (Å²) >= 11 is 0. The molecule has 0 spiro atoms. The van der Waals surface area contributed by atoms with Crippen molar-refractivity contribution in [3.8, 4) is 62.1 Å². The van der Waals surface area contributed by atoms with Gasteiger partial charge in [0.05, 0.1) is 30.4 Å². The standard InChI is InChI=1S/C56H38N4O.Pt/c1-2-39-32-33-57-55(34-39)60-51-31-28-43(40-16-6-3-7-17-40)35-50(51)49-30-29-46(37-54(49)60)61-45-23-14-22-44(36-45)58-38-59(53-27-13-12-26-52(53)58)56-47(41-18-8-4-9-19-41)24-15-25-48(56)42-20-10-5-11-21-42;/h3-35H,2H2,1H3;/q-2;/i4D,5D,8D,9D,10D,11D,18D,19D,20D,21D;. The summed E-state index contributed by atoms with van der Waals surface area (Å²) in [6.07, 6.45) is 6.07. The summed E-state index contributed by atoms with van der Waals surface area (Å²) in [5, 5.41) is 2.00. The number of nitrogens with zero attached hydrogens (tertiary/aromatic N) is 4. The van der Waals surface area contributed by atoms with Gasteiger partial charge in [0.15, 0.2) is 0 Å². The van der Waals surface area contributed by atoms with Gasteiger partial charge in [-0.2, -0.15) is 18.2 Å². The quantitative estimate of drug-likeness (QED) is 0.107. The second kappa shape index (κ2) is 16.6. The summed E-state index contributed by atoms with van der Waals surface area (Å²) in [6, 6.07) is 43.8. The van der Waals surface area contributed by atoms with E-state index in [1.165, 1.54) is 0 Å². The van der Waals surface area contributed by atoms with Gasteiger partial charge in [-0.1, -0.05) is 158 Å². The van der Waals surface area contributed by atoms with E-state index >= 15 is 0 Å². The van der Waals surface area contributed by atoms with Crippen LogP contribution >= 0.6 is 0 Å². The molecule has 0 aliphatic carbocycles. The molecule has 11 aromatic rings. The Bertz CT molecular complexity index is 3840. The number of fused-ring (bicyclic) bond motifs is 4. The van der Waals surface area contributed by atoms with E-state index in [9.17, 15) is 0 Å². The van der Waals surface area contributed by atoms with Crippen LogP contribution in [0.15, 0.2) is 200 Å². The Hall–Kier alpha value is -7.33.